The predicted octanol–water partition coefficient (Wildman–Crippen LogP) is 2.06. The Labute approximate surface area is 105 Å². The minimum Gasteiger partial charge on any atom is -0.479 e. The van der Waals surface area contributed by atoms with Crippen molar-refractivity contribution < 1.29 is 32.3 Å². The number of carboxylic acids is 1. The van der Waals surface area contributed by atoms with Gasteiger partial charge in [0.05, 0.1) is 5.56 Å². The highest BCUT2D eigenvalue weighted by Crippen LogP contribution is 2.32. The molecule has 0 saturated carbocycles. The third kappa shape index (κ3) is 3.43. The number of carboxylic acid groups (broad SMARTS) is 1. The van der Waals surface area contributed by atoms with E-state index in [0.717, 1.165) is 7.05 Å². The van der Waals surface area contributed by atoms with Crippen LogP contribution in [0.4, 0.5) is 17.6 Å². The van der Waals surface area contributed by atoms with Crippen molar-refractivity contribution in [2.45, 2.75) is 12.2 Å². The molecule has 0 aliphatic heterocycles. The van der Waals surface area contributed by atoms with Crippen LogP contribution in [0.1, 0.15) is 17.2 Å². The average molecular weight is 279 g/mol. The minimum atomic E-state index is -4.81. The highest BCUT2D eigenvalue weighted by atomic mass is 19.4. The van der Waals surface area contributed by atoms with Crippen molar-refractivity contribution in [1.82, 2.24) is 4.90 Å². The van der Waals surface area contributed by atoms with Gasteiger partial charge in [-0.05, 0) is 23.8 Å². The lowest BCUT2D eigenvalue weighted by Gasteiger charge is -2.21. The van der Waals surface area contributed by atoms with E-state index in [1.54, 1.807) is 0 Å². The number of alkyl halides is 3. The lowest BCUT2D eigenvalue weighted by Crippen LogP contribution is -2.30. The van der Waals surface area contributed by atoms with Crippen LogP contribution in [-0.4, -0.2) is 29.4 Å². The van der Waals surface area contributed by atoms with E-state index < -0.39 is 35.1 Å². The van der Waals surface area contributed by atoms with E-state index >= 15 is 0 Å². The number of nitrogens with zero attached hydrogens (tertiary/aromatic N) is 1. The van der Waals surface area contributed by atoms with Crippen LogP contribution >= 0.6 is 0 Å². The van der Waals surface area contributed by atoms with Gasteiger partial charge in [-0.25, -0.2) is 9.18 Å². The van der Waals surface area contributed by atoms with Crippen molar-refractivity contribution in [1.29, 1.82) is 0 Å². The van der Waals surface area contributed by atoms with Crippen molar-refractivity contribution in [3.63, 3.8) is 0 Å². The fraction of sp³-hybridized carbons (Fsp3) is 0.273. The Morgan fingerprint density at radius 3 is 2.37 bits per heavy atom. The molecule has 1 atom stereocenters. The molecule has 0 saturated heterocycles. The second-order valence-corrected chi connectivity index (χ2v) is 3.78. The van der Waals surface area contributed by atoms with Crippen LogP contribution in [0, 0.1) is 5.82 Å². The summed E-state index contributed by atoms with van der Waals surface area (Å²) in [6.45, 7) is 0. The largest absolute Gasteiger partial charge is 0.479 e. The SMILES string of the molecule is CN(C=O)C(C(=O)O)c1cc(F)cc(C(F)(F)F)c1. The first-order chi connectivity index (χ1) is 8.66. The highest BCUT2D eigenvalue weighted by molar-refractivity contribution is 5.78. The van der Waals surface area contributed by atoms with Gasteiger partial charge < -0.3 is 10.0 Å². The third-order valence-electron chi connectivity index (χ3n) is 2.37. The predicted molar refractivity (Wildman–Crippen MR) is 55.6 cm³/mol. The van der Waals surface area contributed by atoms with Crippen molar-refractivity contribution >= 4 is 12.4 Å². The molecule has 0 aromatic heterocycles. The molecule has 19 heavy (non-hydrogen) atoms. The number of carbonyl (C=O) groups is 2. The van der Waals surface area contributed by atoms with Gasteiger partial charge in [-0.2, -0.15) is 13.2 Å². The molecule has 4 nitrogen and oxygen atoms in total. The molecule has 0 spiro atoms. The van der Waals surface area contributed by atoms with E-state index in [4.69, 9.17) is 5.11 Å². The molecule has 1 aromatic rings. The Kier molecular flexibility index (Phi) is 4.13. The average Bonchev–Trinajstić information content (AvgIpc) is 2.26. The molecule has 0 bridgehead atoms. The van der Waals surface area contributed by atoms with Gasteiger partial charge in [-0.3, -0.25) is 4.79 Å². The van der Waals surface area contributed by atoms with Gasteiger partial charge in [-0.1, -0.05) is 0 Å². The van der Waals surface area contributed by atoms with Gasteiger partial charge in [0.15, 0.2) is 6.04 Å². The summed E-state index contributed by atoms with van der Waals surface area (Å²) < 4.78 is 50.6. The number of carbonyl (C=O) groups excluding carboxylic acids is 1. The standard InChI is InChI=1S/C11H9F4NO3/c1-16(5-17)9(10(18)19)6-2-7(11(13,14)15)4-8(12)3-6/h2-5,9H,1H3,(H,18,19). The maximum Gasteiger partial charge on any atom is 0.416 e. The number of amides is 1. The molecule has 1 unspecified atom stereocenters. The molecule has 1 aromatic carbocycles. The molecule has 104 valence electrons. The van der Waals surface area contributed by atoms with E-state index in [0.29, 0.717) is 17.0 Å². The number of hydrogen-bond acceptors (Lipinski definition) is 2. The maximum absolute atomic E-state index is 13.1. The van der Waals surface area contributed by atoms with Crippen LogP contribution in [0.2, 0.25) is 0 Å². The molecular formula is C11H9F4NO3. The van der Waals surface area contributed by atoms with Crippen molar-refractivity contribution in [2.24, 2.45) is 0 Å². The van der Waals surface area contributed by atoms with Gasteiger partial charge in [0.2, 0.25) is 6.41 Å². The molecule has 0 aliphatic carbocycles. The second kappa shape index (κ2) is 5.25. The molecule has 0 heterocycles. The normalized spacial score (nSPS) is 12.9. The van der Waals surface area contributed by atoms with Crippen LogP contribution < -0.4 is 0 Å². The summed E-state index contributed by atoms with van der Waals surface area (Å²) >= 11 is 0. The Morgan fingerprint density at radius 2 is 1.95 bits per heavy atom. The number of rotatable bonds is 4. The maximum atomic E-state index is 13.1. The van der Waals surface area contributed by atoms with Crippen LogP contribution in [0.15, 0.2) is 18.2 Å². The lowest BCUT2D eigenvalue weighted by molar-refractivity contribution is -0.146. The highest BCUT2D eigenvalue weighted by Gasteiger charge is 2.33. The fourth-order valence-electron chi connectivity index (χ4n) is 1.55. The lowest BCUT2D eigenvalue weighted by atomic mass is 10.0. The zero-order valence-electron chi connectivity index (χ0n) is 9.61. The monoisotopic (exact) mass is 279 g/mol. The summed E-state index contributed by atoms with van der Waals surface area (Å²) in [4.78, 5) is 22.1. The minimum absolute atomic E-state index is 0.136. The Balaban J connectivity index is 3.36. The van der Waals surface area contributed by atoms with Gasteiger partial charge >= 0.3 is 12.1 Å². The van der Waals surface area contributed by atoms with Crippen molar-refractivity contribution in [3.05, 3.63) is 35.1 Å². The van der Waals surface area contributed by atoms with Crippen molar-refractivity contribution in [2.75, 3.05) is 7.05 Å². The van der Waals surface area contributed by atoms with Crippen LogP contribution in [0.25, 0.3) is 0 Å². The first kappa shape index (κ1) is 14.9. The number of hydrogen-bond donors (Lipinski definition) is 1. The first-order valence-electron chi connectivity index (χ1n) is 4.94. The Bertz CT molecular complexity index is 501. The molecule has 1 N–H and O–H groups in total. The number of aliphatic carboxylic acids is 1. The van der Waals surface area contributed by atoms with Crippen LogP contribution in [0.5, 0.6) is 0 Å². The molecule has 0 radical (unpaired) electrons. The second-order valence-electron chi connectivity index (χ2n) is 3.78. The van der Waals surface area contributed by atoms with E-state index in [2.05, 4.69) is 0 Å². The van der Waals surface area contributed by atoms with Gasteiger partial charge in [0.25, 0.3) is 0 Å². The molecular weight excluding hydrogens is 270 g/mol. The van der Waals surface area contributed by atoms with Gasteiger partial charge in [-0.15, -0.1) is 0 Å². The number of benzene rings is 1. The van der Waals surface area contributed by atoms with E-state index in [9.17, 15) is 27.2 Å². The number of likely N-dealkylation sites (N-methyl/N-ethyl adjacent to an activating group) is 1. The Morgan fingerprint density at radius 1 is 1.37 bits per heavy atom. The summed E-state index contributed by atoms with van der Waals surface area (Å²) in [6.07, 6.45) is -4.67. The molecule has 0 fully saturated rings. The number of halogens is 4. The molecule has 0 aliphatic rings. The smallest absolute Gasteiger partial charge is 0.416 e. The zero-order valence-corrected chi connectivity index (χ0v) is 9.61. The molecule has 8 heteroatoms. The quantitative estimate of drug-likeness (QED) is 0.678. The summed E-state index contributed by atoms with van der Waals surface area (Å²) in [7, 11) is 1.07. The molecule has 1 rings (SSSR count). The van der Waals surface area contributed by atoms with E-state index in [1.807, 2.05) is 0 Å². The van der Waals surface area contributed by atoms with Crippen molar-refractivity contribution in [3.8, 4) is 0 Å². The fourth-order valence-corrected chi connectivity index (χ4v) is 1.55. The zero-order chi connectivity index (χ0) is 14.8. The summed E-state index contributed by atoms with van der Waals surface area (Å²) in [5, 5.41) is 8.91. The summed E-state index contributed by atoms with van der Waals surface area (Å²) in [5.41, 5.74) is -1.78. The van der Waals surface area contributed by atoms with E-state index in [1.165, 1.54) is 0 Å². The van der Waals surface area contributed by atoms with Gasteiger partial charge in [0.1, 0.15) is 5.82 Å². The van der Waals surface area contributed by atoms with Gasteiger partial charge in [0, 0.05) is 7.05 Å². The van der Waals surface area contributed by atoms with E-state index in [-0.39, 0.29) is 12.5 Å². The summed E-state index contributed by atoms with van der Waals surface area (Å²) in [6, 6.07) is -0.284. The Hall–Kier alpha value is -2.12. The third-order valence-corrected chi connectivity index (χ3v) is 2.37. The summed E-state index contributed by atoms with van der Waals surface area (Å²) in [5.74, 6) is -2.79. The first-order valence-corrected chi connectivity index (χ1v) is 4.94. The topological polar surface area (TPSA) is 57.6 Å². The molecule has 1 amide bonds. The van der Waals surface area contributed by atoms with Crippen LogP contribution in [-0.2, 0) is 15.8 Å². The van der Waals surface area contributed by atoms with Crippen LogP contribution in [0.3, 0.4) is 0 Å².